The van der Waals surface area contributed by atoms with Gasteiger partial charge in [0.1, 0.15) is 0 Å². The third kappa shape index (κ3) is 2.47. The van der Waals surface area contributed by atoms with Crippen LogP contribution in [-0.2, 0) is 0 Å². The Bertz CT molecular complexity index is 243. The summed E-state index contributed by atoms with van der Waals surface area (Å²) in [5.41, 5.74) is 0.815. The van der Waals surface area contributed by atoms with E-state index in [9.17, 15) is 9.50 Å². The first kappa shape index (κ1) is 8.94. The molecule has 0 aliphatic heterocycles. The minimum Gasteiger partial charge on any atom is -0.388 e. The molecule has 64 valence electrons. The lowest BCUT2D eigenvalue weighted by Crippen LogP contribution is -1.94. The van der Waals surface area contributed by atoms with Gasteiger partial charge in [0.2, 0.25) is 0 Å². The van der Waals surface area contributed by atoms with Gasteiger partial charge < -0.3 is 5.11 Å². The van der Waals surface area contributed by atoms with Crippen LogP contribution in [-0.4, -0.2) is 5.11 Å². The molecule has 12 heavy (non-hydrogen) atoms. The standard InChI is InChI=1S/C10H11FO/c11-8-4-7-10(12)9-5-2-1-3-6-9/h1-6,8,10,12H,7H2/b8-4+/t10-/m0/s1. The lowest BCUT2D eigenvalue weighted by molar-refractivity contribution is 0.181. The van der Waals surface area contributed by atoms with Gasteiger partial charge in [0.15, 0.2) is 0 Å². The topological polar surface area (TPSA) is 20.2 Å². The fraction of sp³-hybridized carbons (Fsp3) is 0.200. The first-order valence-electron chi connectivity index (χ1n) is 3.83. The normalized spacial score (nSPS) is 13.5. The monoisotopic (exact) mass is 166 g/mol. The van der Waals surface area contributed by atoms with Gasteiger partial charge in [0.25, 0.3) is 0 Å². The molecule has 1 aromatic carbocycles. The van der Waals surface area contributed by atoms with Gasteiger partial charge in [0.05, 0.1) is 12.4 Å². The third-order valence-electron chi connectivity index (χ3n) is 1.63. The van der Waals surface area contributed by atoms with Crippen molar-refractivity contribution >= 4 is 0 Å². The molecule has 0 spiro atoms. The highest BCUT2D eigenvalue weighted by Gasteiger charge is 2.02. The van der Waals surface area contributed by atoms with Crippen LogP contribution in [0, 0.1) is 0 Å². The lowest BCUT2D eigenvalue weighted by atomic mass is 10.1. The number of benzene rings is 1. The molecule has 0 fully saturated rings. The molecule has 0 aromatic heterocycles. The summed E-state index contributed by atoms with van der Waals surface area (Å²) >= 11 is 0. The molecule has 0 heterocycles. The van der Waals surface area contributed by atoms with Gasteiger partial charge in [-0.3, -0.25) is 0 Å². The van der Waals surface area contributed by atoms with E-state index in [2.05, 4.69) is 0 Å². The lowest BCUT2D eigenvalue weighted by Gasteiger charge is -2.06. The second-order valence-electron chi connectivity index (χ2n) is 2.52. The highest BCUT2D eigenvalue weighted by Crippen LogP contribution is 2.15. The Morgan fingerprint density at radius 3 is 2.58 bits per heavy atom. The van der Waals surface area contributed by atoms with Crippen molar-refractivity contribution < 1.29 is 9.50 Å². The summed E-state index contributed by atoms with van der Waals surface area (Å²) in [5, 5.41) is 9.43. The summed E-state index contributed by atoms with van der Waals surface area (Å²) in [6, 6.07) is 9.20. The molecular formula is C10H11FO. The van der Waals surface area contributed by atoms with Crippen molar-refractivity contribution in [2.75, 3.05) is 0 Å². The molecule has 0 aliphatic rings. The second kappa shape index (κ2) is 4.67. The Labute approximate surface area is 71.2 Å². The van der Waals surface area contributed by atoms with E-state index in [4.69, 9.17) is 0 Å². The van der Waals surface area contributed by atoms with E-state index in [1.165, 1.54) is 6.08 Å². The maximum absolute atomic E-state index is 11.6. The van der Waals surface area contributed by atoms with Crippen molar-refractivity contribution in [2.45, 2.75) is 12.5 Å². The third-order valence-corrected chi connectivity index (χ3v) is 1.63. The Kier molecular flexibility index (Phi) is 3.48. The zero-order chi connectivity index (χ0) is 8.81. The van der Waals surface area contributed by atoms with E-state index in [-0.39, 0.29) is 0 Å². The van der Waals surface area contributed by atoms with Crippen LogP contribution in [0.25, 0.3) is 0 Å². The molecule has 0 saturated heterocycles. The molecule has 1 aromatic rings. The predicted molar refractivity (Wildman–Crippen MR) is 46.3 cm³/mol. The Morgan fingerprint density at radius 2 is 2.00 bits per heavy atom. The van der Waals surface area contributed by atoms with E-state index in [1.807, 2.05) is 30.3 Å². The number of hydrogen-bond donors (Lipinski definition) is 1. The minimum atomic E-state index is -0.599. The van der Waals surface area contributed by atoms with Crippen molar-refractivity contribution in [3.63, 3.8) is 0 Å². The molecule has 1 rings (SSSR count). The predicted octanol–water partition coefficient (Wildman–Crippen LogP) is 2.59. The van der Waals surface area contributed by atoms with Crippen LogP contribution in [0.5, 0.6) is 0 Å². The fourth-order valence-electron chi connectivity index (χ4n) is 0.992. The maximum Gasteiger partial charge on any atom is 0.0828 e. The Hall–Kier alpha value is -1.15. The van der Waals surface area contributed by atoms with Gasteiger partial charge in [-0.25, -0.2) is 4.39 Å². The summed E-state index contributed by atoms with van der Waals surface area (Å²) in [7, 11) is 0. The molecule has 0 radical (unpaired) electrons. The molecule has 0 saturated carbocycles. The molecule has 0 aliphatic carbocycles. The zero-order valence-corrected chi connectivity index (χ0v) is 6.65. The van der Waals surface area contributed by atoms with Crippen LogP contribution < -0.4 is 0 Å². The van der Waals surface area contributed by atoms with Gasteiger partial charge in [-0.2, -0.15) is 0 Å². The molecule has 0 unspecified atom stereocenters. The zero-order valence-electron chi connectivity index (χ0n) is 6.65. The molecular weight excluding hydrogens is 155 g/mol. The highest BCUT2D eigenvalue weighted by molar-refractivity contribution is 5.17. The number of hydrogen-bond acceptors (Lipinski definition) is 1. The SMILES string of the molecule is O[C@@H](C/C=C/F)c1ccccc1. The van der Waals surface area contributed by atoms with E-state index < -0.39 is 6.10 Å². The van der Waals surface area contributed by atoms with Crippen molar-refractivity contribution in [1.82, 2.24) is 0 Å². The van der Waals surface area contributed by atoms with Crippen LogP contribution in [0.4, 0.5) is 4.39 Å². The van der Waals surface area contributed by atoms with Crippen LogP contribution in [0.2, 0.25) is 0 Å². The molecule has 2 heteroatoms. The molecule has 0 bridgehead atoms. The Balaban J connectivity index is 2.59. The summed E-state index contributed by atoms with van der Waals surface area (Å²) < 4.78 is 11.6. The number of aliphatic hydroxyl groups excluding tert-OH is 1. The van der Waals surface area contributed by atoms with Gasteiger partial charge in [-0.05, 0) is 12.0 Å². The quantitative estimate of drug-likeness (QED) is 0.731. The molecule has 1 nitrogen and oxygen atoms in total. The van der Waals surface area contributed by atoms with Crippen molar-refractivity contribution in [1.29, 1.82) is 0 Å². The second-order valence-corrected chi connectivity index (χ2v) is 2.52. The average molecular weight is 166 g/mol. The maximum atomic E-state index is 11.6. The first-order valence-corrected chi connectivity index (χ1v) is 3.83. The fourth-order valence-corrected chi connectivity index (χ4v) is 0.992. The average Bonchev–Trinajstić information content (AvgIpc) is 2.15. The van der Waals surface area contributed by atoms with Gasteiger partial charge >= 0.3 is 0 Å². The van der Waals surface area contributed by atoms with E-state index >= 15 is 0 Å². The van der Waals surface area contributed by atoms with E-state index in [1.54, 1.807) is 0 Å². The smallest absolute Gasteiger partial charge is 0.0828 e. The van der Waals surface area contributed by atoms with Gasteiger partial charge in [-0.1, -0.05) is 36.4 Å². The Morgan fingerprint density at radius 1 is 1.33 bits per heavy atom. The molecule has 0 amide bonds. The summed E-state index contributed by atoms with van der Waals surface area (Å²) in [5.74, 6) is 0. The van der Waals surface area contributed by atoms with Crippen molar-refractivity contribution in [3.8, 4) is 0 Å². The largest absolute Gasteiger partial charge is 0.388 e. The van der Waals surface area contributed by atoms with Crippen LogP contribution in [0.3, 0.4) is 0 Å². The summed E-state index contributed by atoms with van der Waals surface area (Å²) in [6.45, 7) is 0. The number of rotatable bonds is 3. The van der Waals surface area contributed by atoms with E-state index in [0.717, 1.165) is 5.56 Å². The summed E-state index contributed by atoms with van der Waals surface area (Å²) in [4.78, 5) is 0. The number of aliphatic hydroxyl groups is 1. The number of halogens is 1. The van der Waals surface area contributed by atoms with Gasteiger partial charge in [0, 0.05) is 0 Å². The van der Waals surface area contributed by atoms with Crippen molar-refractivity contribution in [3.05, 3.63) is 48.3 Å². The van der Waals surface area contributed by atoms with Crippen LogP contribution in [0.15, 0.2) is 42.7 Å². The molecule has 1 N–H and O–H groups in total. The minimum absolute atomic E-state index is 0.320. The van der Waals surface area contributed by atoms with Crippen LogP contribution >= 0.6 is 0 Å². The molecule has 1 atom stereocenters. The highest BCUT2D eigenvalue weighted by atomic mass is 19.1. The first-order chi connectivity index (χ1) is 5.84. The van der Waals surface area contributed by atoms with Gasteiger partial charge in [-0.15, -0.1) is 0 Å². The van der Waals surface area contributed by atoms with Crippen LogP contribution in [0.1, 0.15) is 18.1 Å². The van der Waals surface area contributed by atoms with Crippen molar-refractivity contribution in [2.24, 2.45) is 0 Å². The summed E-state index contributed by atoms with van der Waals surface area (Å²) in [6.07, 6.45) is 1.47. The van der Waals surface area contributed by atoms with E-state index in [0.29, 0.717) is 12.8 Å².